The lowest BCUT2D eigenvalue weighted by Crippen LogP contribution is -2.21. The van der Waals surface area contributed by atoms with E-state index in [0.29, 0.717) is 0 Å². The second-order valence-corrected chi connectivity index (χ2v) is 4.91. The van der Waals surface area contributed by atoms with Crippen LogP contribution in [0.5, 0.6) is 11.5 Å². The molecular formula is C15H25NO3. The predicted octanol–water partition coefficient (Wildman–Crippen LogP) is 2.39. The number of hydrogen-bond donors (Lipinski definition) is 1. The summed E-state index contributed by atoms with van der Waals surface area (Å²) in [6, 6.07) is 4.31. The lowest BCUT2D eigenvalue weighted by Gasteiger charge is -2.27. The molecule has 0 saturated carbocycles. The molecule has 1 unspecified atom stereocenters. The average molecular weight is 267 g/mol. The molecule has 0 aliphatic rings. The Balaban J connectivity index is 3.15. The highest BCUT2D eigenvalue weighted by Gasteiger charge is 2.18. The highest BCUT2D eigenvalue weighted by molar-refractivity contribution is 5.48. The molecule has 0 aliphatic heterocycles. The van der Waals surface area contributed by atoms with Gasteiger partial charge in [0.15, 0.2) is 11.5 Å². The van der Waals surface area contributed by atoms with Crippen molar-refractivity contribution in [1.29, 1.82) is 0 Å². The van der Waals surface area contributed by atoms with Crippen molar-refractivity contribution in [3.8, 4) is 11.5 Å². The topological polar surface area (TPSA) is 41.9 Å². The molecule has 0 heterocycles. The molecule has 0 aromatic heterocycles. The summed E-state index contributed by atoms with van der Waals surface area (Å²) >= 11 is 0. The Morgan fingerprint density at radius 1 is 1.16 bits per heavy atom. The molecule has 1 aromatic carbocycles. The van der Waals surface area contributed by atoms with Gasteiger partial charge in [-0.25, -0.2) is 0 Å². The Morgan fingerprint density at radius 2 is 1.74 bits per heavy atom. The van der Waals surface area contributed by atoms with Crippen LogP contribution in [0.1, 0.15) is 30.0 Å². The molecule has 1 atom stereocenters. The van der Waals surface area contributed by atoms with Crippen LogP contribution in [0.25, 0.3) is 0 Å². The fourth-order valence-electron chi connectivity index (χ4n) is 2.33. The molecule has 19 heavy (non-hydrogen) atoms. The minimum atomic E-state index is 0.219. The molecule has 1 N–H and O–H groups in total. The third-order valence-electron chi connectivity index (χ3n) is 3.39. The summed E-state index contributed by atoms with van der Waals surface area (Å²) in [5, 5.41) is 9.03. The van der Waals surface area contributed by atoms with E-state index < -0.39 is 0 Å². The van der Waals surface area contributed by atoms with Crippen molar-refractivity contribution in [2.24, 2.45) is 0 Å². The summed E-state index contributed by atoms with van der Waals surface area (Å²) < 4.78 is 10.7. The Hall–Kier alpha value is -1.26. The fourth-order valence-corrected chi connectivity index (χ4v) is 2.33. The van der Waals surface area contributed by atoms with Crippen molar-refractivity contribution in [3.63, 3.8) is 0 Å². The SMILES string of the molecule is COc1cc(C)c(C(CCCO)N(C)C)cc1OC. The molecule has 0 amide bonds. The number of benzene rings is 1. The van der Waals surface area contributed by atoms with Crippen LogP contribution >= 0.6 is 0 Å². The first-order chi connectivity index (χ1) is 9.04. The van der Waals surface area contributed by atoms with Gasteiger partial charge in [-0.1, -0.05) is 0 Å². The van der Waals surface area contributed by atoms with E-state index in [0.717, 1.165) is 24.3 Å². The molecule has 0 bridgehead atoms. The molecule has 0 fully saturated rings. The first-order valence-corrected chi connectivity index (χ1v) is 6.55. The minimum absolute atomic E-state index is 0.219. The molecule has 1 aromatic rings. The van der Waals surface area contributed by atoms with Crippen LogP contribution in [-0.4, -0.2) is 44.9 Å². The van der Waals surface area contributed by atoms with Gasteiger partial charge in [-0.15, -0.1) is 0 Å². The second kappa shape index (κ2) is 7.36. The average Bonchev–Trinajstić information content (AvgIpc) is 2.39. The zero-order valence-corrected chi connectivity index (χ0v) is 12.6. The lowest BCUT2D eigenvalue weighted by molar-refractivity contribution is 0.234. The summed E-state index contributed by atoms with van der Waals surface area (Å²) in [4.78, 5) is 2.17. The molecule has 4 heteroatoms. The van der Waals surface area contributed by atoms with Gasteiger partial charge in [0, 0.05) is 12.6 Å². The van der Waals surface area contributed by atoms with Gasteiger partial charge in [-0.05, 0) is 57.1 Å². The molecule has 0 saturated heterocycles. The van der Waals surface area contributed by atoms with Gasteiger partial charge in [0.05, 0.1) is 14.2 Å². The van der Waals surface area contributed by atoms with Gasteiger partial charge in [-0.2, -0.15) is 0 Å². The largest absolute Gasteiger partial charge is 0.493 e. The Kier molecular flexibility index (Phi) is 6.12. The van der Waals surface area contributed by atoms with Crippen molar-refractivity contribution in [2.45, 2.75) is 25.8 Å². The van der Waals surface area contributed by atoms with Crippen molar-refractivity contribution >= 4 is 0 Å². The molecule has 4 nitrogen and oxygen atoms in total. The van der Waals surface area contributed by atoms with Crippen LogP contribution in [0.2, 0.25) is 0 Å². The number of hydrogen-bond acceptors (Lipinski definition) is 4. The third-order valence-corrected chi connectivity index (χ3v) is 3.39. The number of aliphatic hydroxyl groups excluding tert-OH is 1. The van der Waals surface area contributed by atoms with Crippen LogP contribution in [-0.2, 0) is 0 Å². The smallest absolute Gasteiger partial charge is 0.161 e. The number of methoxy groups -OCH3 is 2. The van der Waals surface area contributed by atoms with Crippen molar-refractivity contribution in [1.82, 2.24) is 4.90 Å². The van der Waals surface area contributed by atoms with Gasteiger partial charge in [-0.3, -0.25) is 0 Å². The van der Waals surface area contributed by atoms with Crippen LogP contribution in [0.3, 0.4) is 0 Å². The van der Waals surface area contributed by atoms with Crippen LogP contribution in [0.15, 0.2) is 12.1 Å². The van der Waals surface area contributed by atoms with Crippen LogP contribution < -0.4 is 9.47 Å². The van der Waals surface area contributed by atoms with Gasteiger partial charge in [0.25, 0.3) is 0 Å². The zero-order valence-electron chi connectivity index (χ0n) is 12.6. The summed E-state index contributed by atoms with van der Waals surface area (Å²) in [6.45, 7) is 2.30. The monoisotopic (exact) mass is 267 g/mol. The lowest BCUT2D eigenvalue weighted by atomic mass is 9.96. The van der Waals surface area contributed by atoms with E-state index in [9.17, 15) is 0 Å². The van der Waals surface area contributed by atoms with Crippen LogP contribution in [0, 0.1) is 6.92 Å². The predicted molar refractivity (Wildman–Crippen MR) is 77.0 cm³/mol. The van der Waals surface area contributed by atoms with E-state index in [2.05, 4.69) is 25.9 Å². The zero-order chi connectivity index (χ0) is 14.4. The standard InChI is InChI=1S/C15H25NO3/c1-11-9-14(18-4)15(19-5)10-12(11)13(16(2)3)7-6-8-17/h9-10,13,17H,6-8H2,1-5H3. The molecule has 1 rings (SSSR count). The number of nitrogens with zero attached hydrogens (tertiary/aromatic N) is 1. The van der Waals surface area contributed by atoms with Crippen molar-refractivity contribution in [2.75, 3.05) is 34.9 Å². The first kappa shape index (κ1) is 15.8. The number of rotatable bonds is 7. The Labute approximate surface area is 115 Å². The van der Waals surface area contributed by atoms with E-state index in [1.165, 1.54) is 11.1 Å². The number of ether oxygens (including phenoxy) is 2. The van der Waals surface area contributed by atoms with Gasteiger partial charge < -0.3 is 19.5 Å². The molecule has 0 radical (unpaired) electrons. The van der Waals surface area contributed by atoms with Gasteiger partial charge in [0.2, 0.25) is 0 Å². The van der Waals surface area contributed by atoms with Gasteiger partial charge >= 0.3 is 0 Å². The molecular weight excluding hydrogens is 242 g/mol. The summed E-state index contributed by atoms with van der Waals surface area (Å²) in [6.07, 6.45) is 1.70. The summed E-state index contributed by atoms with van der Waals surface area (Å²) in [5.41, 5.74) is 2.39. The summed E-state index contributed by atoms with van der Waals surface area (Å²) in [7, 11) is 7.40. The van der Waals surface area contributed by atoms with Crippen molar-refractivity contribution in [3.05, 3.63) is 23.3 Å². The highest BCUT2D eigenvalue weighted by atomic mass is 16.5. The van der Waals surface area contributed by atoms with E-state index in [-0.39, 0.29) is 12.6 Å². The summed E-state index contributed by atoms with van der Waals surface area (Å²) in [5.74, 6) is 1.50. The highest BCUT2D eigenvalue weighted by Crippen LogP contribution is 2.35. The molecule has 0 aliphatic carbocycles. The van der Waals surface area contributed by atoms with Gasteiger partial charge in [0.1, 0.15) is 0 Å². The maximum Gasteiger partial charge on any atom is 0.161 e. The third kappa shape index (κ3) is 3.85. The van der Waals surface area contributed by atoms with E-state index in [1.807, 2.05) is 12.1 Å². The minimum Gasteiger partial charge on any atom is -0.493 e. The van der Waals surface area contributed by atoms with Crippen molar-refractivity contribution < 1.29 is 14.6 Å². The molecule has 0 spiro atoms. The Bertz CT molecular complexity index is 405. The number of aliphatic hydroxyl groups is 1. The van der Waals surface area contributed by atoms with E-state index >= 15 is 0 Å². The first-order valence-electron chi connectivity index (χ1n) is 6.55. The second-order valence-electron chi connectivity index (χ2n) is 4.91. The van der Waals surface area contributed by atoms with Crippen LogP contribution in [0.4, 0.5) is 0 Å². The van der Waals surface area contributed by atoms with E-state index in [4.69, 9.17) is 14.6 Å². The quantitative estimate of drug-likeness (QED) is 0.823. The van der Waals surface area contributed by atoms with E-state index in [1.54, 1.807) is 14.2 Å². The normalized spacial score (nSPS) is 12.6. The number of aryl methyl sites for hydroxylation is 1. The Morgan fingerprint density at radius 3 is 2.21 bits per heavy atom. The molecule has 108 valence electrons. The maximum atomic E-state index is 9.03. The maximum absolute atomic E-state index is 9.03. The fraction of sp³-hybridized carbons (Fsp3) is 0.600.